The first kappa shape index (κ1) is 17.0. The van der Waals surface area contributed by atoms with Crippen molar-refractivity contribution in [3.63, 3.8) is 0 Å². The van der Waals surface area contributed by atoms with Crippen molar-refractivity contribution in [2.75, 3.05) is 11.9 Å². The summed E-state index contributed by atoms with van der Waals surface area (Å²) in [6.45, 7) is 5.01. The number of hydrogen-bond acceptors (Lipinski definition) is 1. The van der Waals surface area contributed by atoms with E-state index in [1.807, 2.05) is 23.1 Å². The molecule has 0 bridgehead atoms. The number of aromatic nitrogens is 1. The Morgan fingerprint density at radius 2 is 2.04 bits per heavy atom. The van der Waals surface area contributed by atoms with Crippen LogP contribution in [0.5, 0.6) is 0 Å². The molecule has 2 heterocycles. The number of hydrogen-bond donors (Lipinski definition) is 2. The Labute approximate surface area is 158 Å². The van der Waals surface area contributed by atoms with Crippen LogP contribution in [0.2, 0.25) is 5.02 Å². The molecule has 3 aromatic rings. The van der Waals surface area contributed by atoms with Gasteiger partial charge in [-0.15, -0.1) is 0 Å². The predicted molar refractivity (Wildman–Crippen MR) is 107 cm³/mol. The molecule has 0 saturated carbocycles. The number of H-pyrrole nitrogens is 1. The third-order valence-electron chi connectivity index (χ3n) is 5.05. The van der Waals surface area contributed by atoms with Gasteiger partial charge in [0.2, 0.25) is 0 Å². The van der Waals surface area contributed by atoms with E-state index in [9.17, 15) is 4.79 Å². The monoisotopic (exact) mass is 367 g/mol. The molecule has 2 aromatic carbocycles. The van der Waals surface area contributed by atoms with Gasteiger partial charge < -0.3 is 15.2 Å². The number of nitrogens with zero attached hydrogens (tertiary/aromatic N) is 1. The molecule has 2 amide bonds. The molecule has 134 valence electrons. The lowest BCUT2D eigenvalue weighted by Gasteiger charge is -2.38. The van der Waals surface area contributed by atoms with Crippen LogP contribution in [-0.4, -0.2) is 22.5 Å². The normalized spacial score (nSPS) is 16.8. The number of halogens is 1. The van der Waals surface area contributed by atoms with E-state index in [0.717, 1.165) is 17.6 Å². The van der Waals surface area contributed by atoms with E-state index in [2.05, 4.69) is 42.3 Å². The van der Waals surface area contributed by atoms with Gasteiger partial charge in [-0.3, -0.25) is 0 Å². The van der Waals surface area contributed by atoms with Crippen molar-refractivity contribution < 1.29 is 4.79 Å². The molecule has 5 heteroatoms. The van der Waals surface area contributed by atoms with E-state index in [4.69, 9.17) is 11.6 Å². The fourth-order valence-electron chi connectivity index (χ4n) is 3.95. The molecule has 0 fully saturated rings. The van der Waals surface area contributed by atoms with Gasteiger partial charge in [0.25, 0.3) is 0 Å². The Bertz CT molecular complexity index is 963. The van der Waals surface area contributed by atoms with Crippen LogP contribution in [-0.2, 0) is 6.42 Å². The lowest BCUT2D eigenvalue weighted by molar-refractivity contribution is 0.159. The van der Waals surface area contributed by atoms with Gasteiger partial charge in [0.15, 0.2) is 0 Å². The van der Waals surface area contributed by atoms with Gasteiger partial charge in [0.1, 0.15) is 0 Å². The maximum absolute atomic E-state index is 13.0. The van der Waals surface area contributed by atoms with Gasteiger partial charge in [-0.25, -0.2) is 4.79 Å². The molecule has 1 atom stereocenters. The maximum Gasteiger partial charge on any atom is 0.322 e. The fraction of sp³-hybridized carbons (Fsp3) is 0.286. The van der Waals surface area contributed by atoms with Crippen molar-refractivity contribution in [1.82, 2.24) is 9.88 Å². The van der Waals surface area contributed by atoms with Gasteiger partial charge in [0.05, 0.1) is 6.04 Å². The third-order valence-corrected chi connectivity index (χ3v) is 5.28. The smallest absolute Gasteiger partial charge is 0.322 e. The number of fused-ring (bicyclic) bond motifs is 3. The first-order chi connectivity index (χ1) is 12.5. The van der Waals surface area contributed by atoms with Crippen LogP contribution in [0.25, 0.3) is 10.9 Å². The van der Waals surface area contributed by atoms with E-state index in [1.165, 1.54) is 10.9 Å². The van der Waals surface area contributed by atoms with Crippen molar-refractivity contribution in [2.24, 2.45) is 5.92 Å². The number of carbonyl (C=O) groups excluding carboxylic acids is 1. The second kappa shape index (κ2) is 6.69. The Hall–Kier alpha value is -2.46. The Morgan fingerprint density at radius 1 is 1.23 bits per heavy atom. The Morgan fingerprint density at radius 3 is 2.81 bits per heavy atom. The summed E-state index contributed by atoms with van der Waals surface area (Å²) in [5.41, 5.74) is 4.35. The summed E-state index contributed by atoms with van der Waals surface area (Å²) in [6, 6.07) is 15.5. The average molecular weight is 368 g/mol. The zero-order chi connectivity index (χ0) is 18.3. The molecule has 1 aromatic heterocycles. The molecule has 2 N–H and O–H groups in total. The van der Waals surface area contributed by atoms with Gasteiger partial charge >= 0.3 is 6.03 Å². The summed E-state index contributed by atoms with van der Waals surface area (Å²) in [5, 5.41) is 4.87. The standard InChI is InChI=1S/C21H22ClN3O/c1-13(2)20-19-17(16-8-3-4-9-18(16)24-19)10-11-25(20)21(26)23-15-7-5-6-14(22)12-15/h3-9,12-13,20,24H,10-11H2,1-2H3,(H,23,26)/t20-/m1/s1. The average Bonchev–Trinajstić information content (AvgIpc) is 2.99. The van der Waals surface area contributed by atoms with Crippen molar-refractivity contribution >= 4 is 34.2 Å². The zero-order valence-corrected chi connectivity index (χ0v) is 15.7. The van der Waals surface area contributed by atoms with E-state index in [0.29, 0.717) is 23.2 Å². The van der Waals surface area contributed by atoms with Gasteiger partial charge in [-0.05, 0) is 42.2 Å². The summed E-state index contributed by atoms with van der Waals surface area (Å²) < 4.78 is 0. The highest BCUT2D eigenvalue weighted by Crippen LogP contribution is 2.38. The molecule has 0 unspecified atom stereocenters. The molecular formula is C21H22ClN3O. The van der Waals surface area contributed by atoms with Crippen molar-refractivity contribution in [3.05, 3.63) is 64.8 Å². The molecule has 1 aliphatic rings. The van der Waals surface area contributed by atoms with Crippen molar-refractivity contribution in [2.45, 2.75) is 26.3 Å². The van der Waals surface area contributed by atoms with Crippen LogP contribution in [0.15, 0.2) is 48.5 Å². The number of benzene rings is 2. The highest BCUT2D eigenvalue weighted by atomic mass is 35.5. The van der Waals surface area contributed by atoms with Crippen LogP contribution in [0, 0.1) is 5.92 Å². The first-order valence-electron chi connectivity index (χ1n) is 8.97. The van der Waals surface area contributed by atoms with Crippen LogP contribution in [0.3, 0.4) is 0 Å². The Kier molecular flexibility index (Phi) is 4.37. The van der Waals surface area contributed by atoms with E-state index in [-0.39, 0.29) is 12.1 Å². The summed E-state index contributed by atoms with van der Waals surface area (Å²) in [6.07, 6.45) is 0.853. The second-order valence-electron chi connectivity index (χ2n) is 7.14. The maximum atomic E-state index is 13.0. The molecular weight excluding hydrogens is 346 g/mol. The number of urea groups is 1. The fourth-order valence-corrected chi connectivity index (χ4v) is 4.14. The lowest BCUT2D eigenvalue weighted by Crippen LogP contribution is -2.44. The lowest BCUT2D eigenvalue weighted by atomic mass is 9.90. The topological polar surface area (TPSA) is 48.1 Å². The number of para-hydroxylation sites is 1. The minimum atomic E-state index is -0.0877. The molecule has 0 saturated heterocycles. The number of amides is 2. The summed E-state index contributed by atoms with van der Waals surface area (Å²) >= 11 is 6.04. The van der Waals surface area contributed by atoms with Crippen molar-refractivity contribution in [3.8, 4) is 0 Å². The van der Waals surface area contributed by atoms with Gasteiger partial charge in [0, 0.05) is 33.9 Å². The van der Waals surface area contributed by atoms with Crippen LogP contribution < -0.4 is 5.32 Å². The number of aromatic amines is 1. The van der Waals surface area contributed by atoms with Crippen molar-refractivity contribution in [1.29, 1.82) is 0 Å². The number of rotatable bonds is 2. The third kappa shape index (κ3) is 2.95. The number of carbonyl (C=O) groups is 1. The van der Waals surface area contributed by atoms with E-state index in [1.54, 1.807) is 12.1 Å². The predicted octanol–water partition coefficient (Wildman–Crippen LogP) is 5.61. The largest absolute Gasteiger partial charge is 0.356 e. The summed E-state index contributed by atoms with van der Waals surface area (Å²) in [7, 11) is 0. The second-order valence-corrected chi connectivity index (χ2v) is 7.57. The number of anilines is 1. The summed E-state index contributed by atoms with van der Waals surface area (Å²) in [4.78, 5) is 18.5. The molecule has 26 heavy (non-hydrogen) atoms. The highest BCUT2D eigenvalue weighted by Gasteiger charge is 2.35. The van der Waals surface area contributed by atoms with Gasteiger partial charge in [-0.1, -0.05) is 49.7 Å². The molecule has 1 aliphatic heterocycles. The molecule has 4 rings (SSSR count). The highest BCUT2D eigenvalue weighted by molar-refractivity contribution is 6.30. The molecule has 0 radical (unpaired) electrons. The van der Waals surface area contributed by atoms with E-state index < -0.39 is 0 Å². The minimum Gasteiger partial charge on any atom is -0.356 e. The minimum absolute atomic E-state index is 0.0188. The molecule has 0 aliphatic carbocycles. The first-order valence-corrected chi connectivity index (χ1v) is 9.35. The van der Waals surface area contributed by atoms with Crippen LogP contribution in [0.1, 0.15) is 31.1 Å². The van der Waals surface area contributed by atoms with Gasteiger partial charge in [-0.2, -0.15) is 0 Å². The number of nitrogens with one attached hydrogen (secondary N) is 2. The molecule has 0 spiro atoms. The summed E-state index contributed by atoms with van der Waals surface area (Å²) in [5.74, 6) is 0.298. The quantitative estimate of drug-likeness (QED) is 0.607. The zero-order valence-electron chi connectivity index (χ0n) is 14.9. The van der Waals surface area contributed by atoms with Crippen LogP contribution >= 0.6 is 11.6 Å². The van der Waals surface area contributed by atoms with E-state index >= 15 is 0 Å². The molecule has 4 nitrogen and oxygen atoms in total. The SMILES string of the molecule is CC(C)[C@@H]1c2[nH]c3ccccc3c2CCN1C(=O)Nc1cccc(Cl)c1. The Balaban J connectivity index is 1.67. The van der Waals surface area contributed by atoms with Crippen LogP contribution in [0.4, 0.5) is 10.5 Å².